The number of benzene rings is 1. The van der Waals surface area contributed by atoms with Gasteiger partial charge in [-0.25, -0.2) is 0 Å². The summed E-state index contributed by atoms with van der Waals surface area (Å²) in [5.41, 5.74) is 2.26. The minimum absolute atomic E-state index is 0.0184. The van der Waals surface area contributed by atoms with Crippen molar-refractivity contribution in [3.05, 3.63) is 39.0 Å². The highest BCUT2D eigenvalue weighted by molar-refractivity contribution is 5.84. The Morgan fingerprint density at radius 1 is 1.32 bits per heavy atom. The lowest BCUT2D eigenvalue weighted by Gasteiger charge is -2.37. The summed E-state index contributed by atoms with van der Waals surface area (Å²) in [5, 5.41) is 19.3. The summed E-state index contributed by atoms with van der Waals surface area (Å²) in [5.74, 6) is 0.374. The molecule has 1 aromatic heterocycles. The predicted octanol–water partition coefficient (Wildman–Crippen LogP) is 3.13. The van der Waals surface area contributed by atoms with Crippen LogP contribution >= 0.6 is 0 Å². The van der Waals surface area contributed by atoms with Crippen LogP contribution in [-0.4, -0.2) is 24.8 Å². The molecule has 2 aromatic rings. The highest BCUT2D eigenvalue weighted by Gasteiger charge is 2.29. The van der Waals surface area contributed by atoms with Crippen molar-refractivity contribution in [2.75, 3.05) is 24.6 Å². The number of nitrogens with zero attached hydrogens (tertiary/aromatic N) is 2. The van der Waals surface area contributed by atoms with Gasteiger partial charge >= 0.3 is 0 Å². The average Bonchev–Trinajstić information content (AvgIpc) is 2.56. The van der Waals surface area contributed by atoms with E-state index in [1.54, 1.807) is 6.07 Å². The second-order valence-electron chi connectivity index (χ2n) is 7.65. The van der Waals surface area contributed by atoms with Gasteiger partial charge in [0.2, 0.25) is 11.3 Å². The zero-order valence-corrected chi connectivity index (χ0v) is 15.1. The lowest BCUT2D eigenvalue weighted by atomic mass is 9.82. The van der Waals surface area contributed by atoms with Crippen molar-refractivity contribution < 1.29 is 9.52 Å². The van der Waals surface area contributed by atoms with Gasteiger partial charge in [-0.15, -0.1) is 0 Å². The predicted molar refractivity (Wildman–Crippen MR) is 98.0 cm³/mol. The quantitative estimate of drug-likeness (QED) is 0.929. The van der Waals surface area contributed by atoms with Gasteiger partial charge in [0, 0.05) is 19.7 Å². The fourth-order valence-electron chi connectivity index (χ4n) is 3.46. The Kier molecular flexibility index (Phi) is 4.57. The van der Waals surface area contributed by atoms with Gasteiger partial charge in [-0.2, -0.15) is 5.26 Å². The summed E-state index contributed by atoms with van der Waals surface area (Å²) in [7, 11) is 0. The summed E-state index contributed by atoms with van der Waals surface area (Å²) in [4.78, 5) is 14.9. The van der Waals surface area contributed by atoms with Gasteiger partial charge in [0.05, 0.1) is 5.39 Å². The smallest absolute Gasteiger partial charge is 0.218 e. The molecular weight excluding hydrogens is 316 g/mol. The molecule has 1 aliphatic rings. The first kappa shape index (κ1) is 17.5. The topological polar surface area (TPSA) is 77.5 Å². The van der Waals surface area contributed by atoms with E-state index in [1.165, 1.54) is 0 Å². The summed E-state index contributed by atoms with van der Waals surface area (Å²) < 4.78 is 6.10. The van der Waals surface area contributed by atoms with Crippen molar-refractivity contribution >= 4 is 16.9 Å². The number of hydrogen-bond donors (Lipinski definition) is 1. The van der Waals surface area contributed by atoms with E-state index in [1.807, 2.05) is 24.0 Å². The van der Waals surface area contributed by atoms with Gasteiger partial charge in [0.25, 0.3) is 0 Å². The molecule has 5 heteroatoms. The van der Waals surface area contributed by atoms with Crippen molar-refractivity contribution in [1.82, 2.24) is 0 Å². The largest absolute Gasteiger partial charge is 0.439 e. The van der Waals surface area contributed by atoms with Crippen LogP contribution in [0.15, 0.2) is 21.3 Å². The average molecular weight is 340 g/mol. The van der Waals surface area contributed by atoms with E-state index in [4.69, 9.17) is 4.42 Å². The molecule has 0 saturated carbocycles. The van der Waals surface area contributed by atoms with Crippen molar-refractivity contribution in [2.24, 2.45) is 5.41 Å². The minimum Gasteiger partial charge on any atom is -0.439 e. The van der Waals surface area contributed by atoms with Gasteiger partial charge in [0.1, 0.15) is 11.7 Å². The monoisotopic (exact) mass is 340 g/mol. The van der Waals surface area contributed by atoms with Crippen LogP contribution in [0.3, 0.4) is 0 Å². The maximum absolute atomic E-state index is 12.9. The molecule has 1 aromatic carbocycles. The number of anilines is 1. The third kappa shape index (κ3) is 3.27. The number of rotatable bonds is 3. The summed E-state index contributed by atoms with van der Waals surface area (Å²) >= 11 is 0. The summed E-state index contributed by atoms with van der Waals surface area (Å²) in [6.45, 7) is 7.86. The van der Waals surface area contributed by atoms with E-state index in [0.717, 1.165) is 37.1 Å². The van der Waals surface area contributed by atoms with Crippen LogP contribution in [0.4, 0.5) is 5.88 Å². The molecule has 1 aliphatic heterocycles. The standard InChI is InChI=1S/C20H24N2O3/c1-13-10-14(4-9-23)18-15(11-13)17(24)16(12-21)19(25-18)22-7-5-20(2,3)6-8-22/h10-11,23H,4-9H2,1-3H3. The second kappa shape index (κ2) is 6.53. The molecule has 0 spiro atoms. The molecular formula is C20H24N2O3. The molecule has 0 radical (unpaired) electrons. The van der Waals surface area contributed by atoms with Gasteiger partial charge in [-0.05, 0) is 48.8 Å². The van der Waals surface area contributed by atoms with Gasteiger partial charge in [-0.3, -0.25) is 4.79 Å². The van der Waals surface area contributed by atoms with E-state index in [0.29, 0.717) is 23.3 Å². The van der Waals surface area contributed by atoms with Crippen LogP contribution in [0.25, 0.3) is 11.0 Å². The maximum atomic E-state index is 12.9. The Labute approximate surface area is 147 Å². The number of fused-ring (bicyclic) bond motifs is 1. The first-order valence-corrected chi connectivity index (χ1v) is 8.72. The molecule has 1 saturated heterocycles. The van der Waals surface area contributed by atoms with E-state index >= 15 is 0 Å². The Bertz CT molecular complexity index is 896. The third-order valence-corrected chi connectivity index (χ3v) is 5.09. The van der Waals surface area contributed by atoms with Gasteiger partial charge < -0.3 is 14.4 Å². The number of aliphatic hydroxyl groups excluding tert-OH is 1. The molecule has 0 atom stereocenters. The van der Waals surface area contributed by atoms with Crippen LogP contribution in [0.5, 0.6) is 0 Å². The maximum Gasteiger partial charge on any atom is 0.218 e. The molecule has 25 heavy (non-hydrogen) atoms. The Hall–Kier alpha value is -2.32. The first-order chi connectivity index (χ1) is 11.9. The van der Waals surface area contributed by atoms with Crippen molar-refractivity contribution in [3.8, 4) is 6.07 Å². The molecule has 0 bridgehead atoms. The molecule has 0 aliphatic carbocycles. The third-order valence-electron chi connectivity index (χ3n) is 5.09. The molecule has 1 fully saturated rings. The van der Waals surface area contributed by atoms with Crippen LogP contribution < -0.4 is 10.3 Å². The Morgan fingerprint density at radius 3 is 2.60 bits per heavy atom. The van der Waals surface area contributed by atoms with E-state index in [-0.39, 0.29) is 23.0 Å². The highest BCUT2D eigenvalue weighted by atomic mass is 16.4. The van der Waals surface area contributed by atoms with Crippen LogP contribution in [0.2, 0.25) is 0 Å². The van der Waals surface area contributed by atoms with Crippen LogP contribution in [0, 0.1) is 23.7 Å². The molecule has 0 amide bonds. The highest BCUT2D eigenvalue weighted by Crippen LogP contribution is 2.34. The fraction of sp³-hybridized carbons (Fsp3) is 0.500. The number of piperidine rings is 1. The zero-order valence-electron chi connectivity index (χ0n) is 15.1. The first-order valence-electron chi connectivity index (χ1n) is 8.72. The minimum atomic E-state index is -0.286. The number of nitriles is 1. The molecule has 2 heterocycles. The molecule has 5 nitrogen and oxygen atoms in total. The lowest BCUT2D eigenvalue weighted by Crippen LogP contribution is -2.38. The van der Waals surface area contributed by atoms with E-state index in [9.17, 15) is 15.2 Å². The number of hydrogen-bond acceptors (Lipinski definition) is 5. The number of aliphatic hydroxyl groups is 1. The van der Waals surface area contributed by atoms with E-state index in [2.05, 4.69) is 13.8 Å². The molecule has 1 N–H and O–H groups in total. The normalized spacial score (nSPS) is 16.8. The van der Waals surface area contributed by atoms with Crippen LogP contribution in [0.1, 0.15) is 43.4 Å². The van der Waals surface area contributed by atoms with Gasteiger partial charge in [-0.1, -0.05) is 19.9 Å². The van der Waals surface area contributed by atoms with Crippen molar-refractivity contribution in [1.29, 1.82) is 5.26 Å². The Morgan fingerprint density at radius 2 is 2.00 bits per heavy atom. The molecule has 132 valence electrons. The Balaban J connectivity index is 2.19. The number of aryl methyl sites for hydroxylation is 1. The van der Waals surface area contributed by atoms with E-state index < -0.39 is 0 Å². The SMILES string of the molecule is Cc1cc(CCO)c2oc(N3CCC(C)(C)CC3)c(C#N)c(=O)c2c1. The van der Waals surface area contributed by atoms with Gasteiger partial charge in [0.15, 0.2) is 5.56 Å². The lowest BCUT2D eigenvalue weighted by molar-refractivity contribution is 0.274. The molecule has 3 rings (SSSR count). The summed E-state index contributed by atoms with van der Waals surface area (Å²) in [6, 6.07) is 5.73. The second-order valence-corrected chi connectivity index (χ2v) is 7.65. The fourth-order valence-corrected chi connectivity index (χ4v) is 3.46. The van der Waals surface area contributed by atoms with Crippen molar-refractivity contribution in [2.45, 2.75) is 40.0 Å². The summed E-state index contributed by atoms with van der Waals surface area (Å²) in [6.07, 6.45) is 2.38. The zero-order chi connectivity index (χ0) is 18.2. The van der Waals surface area contributed by atoms with Crippen molar-refractivity contribution in [3.63, 3.8) is 0 Å². The van der Waals surface area contributed by atoms with Crippen LogP contribution in [-0.2, 0) is 6.42 Å². The molecule has 0 unspecified atom stereocenters.